The van der Waals surface area contributed by atoms with E-state index >= 15 is 0 Å². The number of hydrogen-bond acceptors (Lipinski definition) is 5. The number of hydrogen-bond donors (Lipinski definition) is 1. The van der Waals surface area contributed by atoms with Gasteiger partial charge in [0.05, 0.1) is 22.3 Å². The van der Waals surface area contributed by atoms with Gasteiger partial charge in [0.15, 0.2) is 0 Å². The third-order valence-electron chi connectivity index (χ3n) is 3.22. The molecule has 1 aliphatic heterocycles. The van der Waals surface area contributed by atoms with Gasteiger partial charge in [-0.05, 0) is 12.5 Å². The highest BCUT2D eigenvalue weighted by Crippen LogP contribution is 2.23. The zero-order valence-corrected chi connectivity index (χ0v) is 11.2. The first-order valence-corrected chi connectivity index (χ1v) is 7.36. The second kappa shape index (κ2) is 6.23. The molecular weight excluding hydrogens is 268 g/mol. The van der Waals surface area contributed by atoms with Gasteiger partial charge >= 0.3 is 0 Å². The molecule has 0 spiro atoms. The summed E-state index contributed by atoms with van der Waals surface area (Å²) in [6.45, 7) is 1.26. The molecule has 7 heteroatoms. The fourth-order valence-corrected chi connectivity index (χ4v) is 3.50. The van der Waals surface area contributed by atoms with Crippen molar-refractivity contribution >= 4 is 16.5 Å². The van der Waals surface area contributed by atoms with E-state index in [4.69, 9.17) is 10.5 Å². The van der Waals surface area contributed by atoms with Crippen molar-refractivity contribution in [3.63, 3.8) is 0 Å². The Balaban J connectivity index is 2.09. The molecule has 1 heterocycles. The molecule has 104 valence electrons. The summed E-state index contributed by atoms with van der Waals surface area (Å²) in [5.41, 5.74) is 5.89. The van der Waals surface area contributed by atoms with Crippen LogP contribution in [-0.4, -0.2) is 34.1 Å². The highest BCUT2D eigenvalue weighted by Gasteiger charge is 2.26. The van der Waals surface area contributed by atoms with Crippen LogP contribution in [0.25, 0.3) is 0 Å². The first-order chi connectivity index (χ1) is 9.09. The van der Waals surface area contributed by atoms with Crippen molar-refractivity contribution < 1.29 is 13.9 Å². The van der Waals surface area contributed by atoms with Crippen molar-refractivity contribution in [3.05, 3.63) is 34.4 Å². The van der Waals surface area contributed by atoms with Crippen LogP contribution in [0.5, 0.6) is 0 Å². The number of nitrogens with zero attached hydrogens (tertiary/aromatic N) is 1. The van der Waals surface area contributed by atoms with Gasteiger partial charge in [0.2, 0.25) is 0 Å². The van der Waals surface area contributed by atoms with Gasteiger partial charge in [-0.25, -0.2) is 0 Å². The smallest absolute Gasteiger partial charge is 0.285 e. The lowest BCUT2D eigenvalue weighted by atomic mass is 10.0. The molecule has 0 aliphatic carbocycles. The van der Waals surface area contributed by atoms with Gasteiger partial charge in [0, 0.05) is 30.4 Å². The lowest BCUT2D eigenvalue weighted by Crippen LogP contribution is -2.35. The summed E-state index contributed by atoms with van der Waals surface area (Å²) in [4.78, 5) is 10.6. The maximum Gasteiger partial charge on any atom is 0.285 e. The molecule has 1 aliphatic rings. The molecule has 3 atom stereocenters. The van der Waals surface area contributed by atoms with E-state index in [0.717, 1.165) is 6.42 Å². The highest BCUT2D eigenvalue weighted by molar-refractivity contribution is 7.85. The van der Waals surface area contributed by atoms with Crippen LogP contribution in [0.4, 0.5) is 5.69 Å². The van der Waals surface area contributed by atoms with Crippen LogP contribution >= 0.6 is 0 Å². The Morgan fingerprint density at radius 2 is 2.26 bits per heavy atom. The molecular formula is C12H16N2O4S. The van der Waals surface area contributed by atoms with Gasteiger partial charge in [0.25, 0.3) is 5.69 Å². The fourth-order valence-electron chi connectivity index (χ4n) is 2.09. The Bertz CT molecular complexity index is 488. The van der Waals surface area contributed by atoms with Crippen LogP contribution in [0, 0.1) is 16.0 Å². The highest BCUT2D eigenvalue weighted by atomic mass is 32.2. The molecule has 19 heavy (non-hydrogen) atoms. The second-order valence-corrected chi connectivity index (χ2v) is 5.99. The van der Waals surface area contributed by atoms with Gasteiger partial charge in [-0.3, -0.25) is 14.3 Å². The number of benzene rings is 1. The maximum absolute atomic E-state index is 12.2. The Hall–Kier alpha value is -1.31. The monoisotopic (exact) mass is 284 g/mol. The molecule has 6 nitrogen and oxygen atoms in total. The van der Waals surface area contributed by atoms with Gasteiger partial charge in [0.1, 0.15) is 4.90 Å². The SMILES string of the molecule is NC(CS(=O)c1ccccc1[N+](=O)[O-])C1CCOC1. The van der Waals surface area contributed by atoms with Crippen LogP contribution in [0.1, 0.15) is 6.42 Å². The van der Waals surface area contributed by atoms with E-state index in [-0.39, 0.29) is 28.3 Å². The molecule has 1 aromatic carbocycles. The molecule has 0 saturated carbocycles. The fraction of sp³-hybridized carbons (Fsp3) is 0.500. The first-order valence-electron chi connectivity index (χ1n) is 6.04. The van der Waals surface area contributed by atoms with Gasteiger partial charge in [-0.1, -0.05) is 12.1 Å². The minimum absolute atomic E-state index is 0.115. The van der Waals surface area contributed by atoms with Crippen LogP contribution < -0.4 is 5.73 Å². The molecule has 0 bridgehead atoms. The predicted molar refractivity (Wildman–Crippen MR) is 71.3 cm³/mol. The summed E-state index contributed by atoms with van der Waals surface area (Å²) < 4.78 is 17.5. The van der Waals surface area contributed by atoms with E-state index in [1.807, 2.05) is 0 Å². The quantitative estimate of drug-likeness (QED) is 0.644. The van der Waals surface area contributed by atoms with Crippen LogP contribution in [0.3, 0.4) is 0 Å². The van der Waals surface area contributed by atoms with E-state index in [1.165, 1.54) is 12.1 Å². The lowest BCUT2D eigenvalue weighted by molar-refractivity contribution is -0.387. The molecule has 0 aromatic heterocycles. The summed E-state index contributed by atoms with van der Waals surface area (Å²) in [5.74, 6) is 0.408. The Labute approximate surface area is 113 Å². The minimum Gasteiger partial charge on any atom is -0.381 e. The van der Waals surface area contributed by atoms with Crippen molar-refractivity contribution in [2.24, 2.45) is 11.7 Å². The Morgan fingerprint density at radius 3 is 2.89 bits per heavy atom. The average molecular weight is 284 g/mol. The third-order valence-corrected chi connectivity index (χ3v) is 4.74. The van der Waals surface area contributed by atoms with Crippen LogP contribution in [-0.2, 0) is 15.5 Å². The summed E-state index contributed by atoms with van der Waals surface area (Å²) in [5, 5.41) is 10.9. The summed E-state index contributed by atoms with van der Waals surface area (Å²) >= 11 is 0. The lowest BCUT2D eigenvalue weighted by Gasteiger charge is -2.16. The zero-order valence-electron chi connectivity index (χ0n) is 10.4. The summed E-state index contributed by atoms with van der Waals surface area (Å²) in [6, 6.07) is 5.82. The predicted octanol–water partition coefficient (Wildman–Crippen LogP) is 1.07. The van der Waals surface area contributed by atoms with Crippen molar-refractivity contribution in [2.45, 2.75) is 17.4 Å². The molecule has 1 saturated heterocycles. The molecule has 2 rings (SSSR count). The van der Waals surface area contributed by atoms with Crippen molar-refractivity contribution in [2.75, 3.05) is 19.0 Å². The minimum atomic E-state index is -1.46. The standard InChI is InChI=1S/C12H16N2O4S/c13-10(9-5-6-18-7-9)8-19(17)12-4-2-1-3-11(12)14(15)16/h1-4,9-10H,5-8,13H2. The summed E-state index contributed by atoms with van der Waals surface area (Å²) in [6.07, 6.45) is 0.856. The van der Waals surface area contributed by atoms with Gasteiger partial charge in [-0.2, -0.15) is 0 Å². The number of rotatable bonds is 5. The molecule has 1 fully saturated rings. The number of para-hydroxylation sites is 1. The van der Waals surface area contributed by atoms with Crippen LogP contribution in [0.2, 0.25) is 0 Å². The third kappa shape index (κ3) is 3.37. The number of nitro groups is 1. The molecule has 2 N–H and O–H groups in total. The number of nitro benzene ring substituents is 1. The van der Waals surface area contributed by atoms with Gasteiger partial charge in [-0.15, -0.1) is 0 Å². The summed E-state index contributed by atoms with van der Waals surface area (Å²) in [7, 11) is -1.46. The van der Waals surface area contributed by atoms with E-state index in [0.29, 0.717) is 13.2 Å². The number of nitrogens with two attached hydrogens (primary N) is 1. The number of ether oxygens (including phenoxy) is 1. The van der Waals surface area contributed by atoms with E-state index < -0.39 is 15.7 Å². The maximum atomic E-state index is 12.2. The van der Waals surface area contributed by atoms with Crippen molar-refractivity contribution in [3.8, 4) is 0 Å². The van der Waals surface area contributed by atoms with Crippen molar-refractivity contribution in [1.82, 2.24) is 0 Å². The second-order valence-electron chi connectivity index (χ2n) is 4.52. The van der Waals surface area contributed by atoms with E-state index in [9.17, 15) is 14.3 Å². The van der Waals surface area contributed by atoms with E-state index in [1.54, 1.807) is 12.1 Å². The first kappa shape index (κ1) is 14.1. The molecule has 0 radical (unpaired) electrons. The van der Waals surface area contributed by atoms with E-state index in [2.05, 4.69) is 0 Å². The molecule has 1 aromatic rings. The Kier molecular flexibility index (Phi) is 4.62. The molecule has 3 unspecified atom stereocenters. The molecule has 0 amide bonds. The van der Waals surface area contributed by atoms with Gasteiger partial charge < -0.3 is 10.5 Å². The largest absolute Gasteiger partial charge is 0.381 e. The topological polar surface area (TPSA) is 95.5 Å². The average Bonchev–Trinajstić information content (AvgIpc) is 2.92. The Morgan fingerprint density at radius 1 is 1.53 bits per heavy atom. The van der Waals surface area contributed by atoms with Crippen LogP contribution in [0.15, 0.2) is 29.2 Å². The zero-order chi connectivity index (χ0) is 13.8. The van der Waals surface area contributed by atoms with Crippen molar-refractivity contribution in [1.29, 1.82) is 0 Å². The normalized spacial score (nSPS) is 22.1.